The van der Waals surface area contributed by atoms with Gasteiger partial charge in [-0.2, -0.15) is 0 Å². The predicted octanol–water partition coefficient (Wildman–Crippen LogP) is 3.82. The van der Waals surface area contributed by atoms with E-state index in [2.05, 4.69) is 45.5 Å². The molecule has 0 aliphatic rings. The van der Waals surface area contributed by atoms with Crippen LogP contribution in [0, 0.1) is 6.92 Å². The van der Waals surface area contributed by atoms with Gasteiger partial charge in [-0.3, -0.25) is 0 Å². The zero-order valence-corrected chi connectivity index (χ0v) is 13.4. The van der Waals surface area contributed by atoms with Crippen molar-refractivity contribution in [1.29, 1.82) is 0 Å². The molecule has 108 valence electrons. The number of halogens is 1. The summed E-state index contributed by atoms with van der Waals surface area (Å²) in [5, 5.41) is 7.28. The Hall–Kier alpha value is -1.33. The van der Waals surface area contributed by atoms with Crippen molar-refractivity contribution in [3.05, 3.63) is 45.8 Å². The van der Waals surface area contributed by atoms with Gasteiger partial charge >= 0.3 is 0 Å². The molecule has 1 N–H and O–H groups in total. The number of hydrogen-bond acceptors (Lipinski definition) is 4. The first kappa shape index (κ1) is 15.1. The third-order valence-electron chi connectivity index (χ3n) is 2.80. The molecule has 20 heavy (non-hydrogen) atoms. The number of ether oxygens (including phenoxy) is 1. The van der Waals surface area contributed by atoms with Crippen LogP contribution >= 0.6 is 15.9 Å². The summed E-state index contributed by atoms with van der Waals surface area (Å²) in [4.78, 5) is 0. The highest BCUT2D eigenvalue weighted by atomic mass is 79.9. The second kappa shape index (κ2) is 7.45. The molecule has 2 rings (SSSR count). The second-order valence-electron chi connectivity index (χ2n) is 4.66. The van der Waals surface area contributed by atoms with Crippen LogP contribution in [0.2, 0.25) is 0 Å². The summed E-state index contributed by atoms with van der Waals surface area (Å²) in [6.45, 7) is 6.33. The van der Waals surface area contributed by atoms with E-state index in [9.17, 15) is 0 Å². The van der Waals surface area contributed by atoms with Crippen molar-refractivity contribution in [2.45, 2.75) is 33.4 Å². The molecule has 0 aliphatic carbocycles. The number of nitrogens with one attached hydrogen (secondary N) is 1. The van der Waals surface area contributed by atoms with E-state index < -0.39 is 0 Å². The number of aromatic nitrogens is 1. The van der Waals surface area contributed by atoms with Crippen LogP contribution in [0.3, 0.4) is 0 Å². The van der Waals surface area contributed by atoms with Gasteiger partial charge in [0.15, 0.2) is 0 Å². The van der Waals surface area contributed by atoms with Crippen LogP contribution in [-0.4, -0.2) is 11.7 Å². The van der Waals surface area contributed by atoms with Gasteiger partial charge in [-0.1, -0.05) is 18.1 Å². The number of rotatable bonds is 7. The Balaban J connectivity index is 1.92. The maximum atomic E-state index is 5.73. The fraction of sp³-hybridized carbons (Fsp3) is 0.400. The van der Waals surface area contributed by atoms with Crippen LogP contribution in [-0.2, 0) is 13.2 Å². The molecule has 0 bridgehead atoms. The average molecular weight is 339 g/mol. The van der Waals surface area contributed by atoms with Crippen molar-refractivity contribution in [3.63, 3.8) is 0 Å². The average Bonchev–Trinajstić information content (AvgIpc) is 2.84. The van der Waals surface area contributed by atoms with Gasteiger partial charge in [0.1, 0.15) is 23.8 Å². The summed E-state index contributed by atoms with van der Waals surface area (Å²) >= 11 is 3.54. The minimum Gasteiger partial charge on any atom is -0.486 e. The van der Waals surface area contributed by atoms with Gasteiger partial charge in [-0.05, 0) is 53.5 Å². The van der Waals surface area contributed by atoms with Gasteiger partial charge in [-0.25, -0.2) is 0 Å². The van der Waals surface area contributed by atoms with Crippen LogP contribution in [0.25, 0.3) is 0 Å². The lowest BCUT2D eigenvalue weighted by Gasteiger charge is -2.09. The quantitative estimate of drug-likeness (QED) is 0.779. The van der Waals surface area contributed by atoms with E-state index in [0.717, 1.165) is 41.2 Å². The maximum Gasteiger partial charge on any atom is 0.134 e. The minimum absolute atomic E-state index is 0.406. The second-order valence-corrected chi connectivity index (χ2v) is 5.51. The third-order valence-corrected chi connectivity index (χ3v) is 3.42. The number of aryl methyl sites for hydroxylation is 1. The molecule has 0 radical (unpaired) electrons. The van der Waals surface area contributed by atoms with Crippen molar-refractivity contribution in [2.24, 2.45) is 0 Å². The Labute approximate surface area is 127 Å². The molecule has 0 amide bonds. The predicted molar refractivity (Wildman–Crippen MR) is 81.7 cm³/mol. The molecule has 2 aromatic rings. The molecule has 1 aromatic heterocycles. The highest BCUT2D eigenvalue weighted by Gasteiger charge is 2.05. The molecule has 0 aliphatic heterocycles. The fourth-order valence-corrected chi connectivity index (χ4v) is 2.36. The van der Waals surface area contributed by atoms with Crippen LogP contribution in [0.4, 0.5) is 0 Å². The molecule has 0 unspecified atom stereocenters. The third kappa shape index (κ3) is 4.35. The summed E-state index contributed by atoms with van der Waals surface area (Å²) in [5.74, 6) is 1.60. The van der Waals surface area contributed by atoms with E-state index in [0.29, 0.717) is 6.61 Å². The summed E-state index contributed by atoms with van der Waals surface area (Å²) in [6.07, 6.45) is 1.14. The molecular formula is C15H19BrN2O2. The molecule has 0 atom stereocenters. The summed E-state index contributed by atoms with van der Waals surface area (Å²) in [6, 6.07) is 7.99. The van der Waals surface area contributed by atoms with Gasteiger partial charge in [0.25, 0.3) is 0 Å². The Morgan fingerprint density at radius 2 is 2.20 bits per heavy atom. The Kier molecular flexibility index (Phi) is 5.61. The Bertz CT molecular complexity index is 555. The van der Waals surface area contributed by atoms with Crippen molar-refractivity contribution in [1.82, 2.24) is 10.5 Å². The monoisotopic (exact) mass is 338 g/mol. The summed E-state index contributed by atoms with van der Waals surface area (Å²) < 4.78 is 11.7. The minimum atomic E-state index is 0.406. The zero-order chi connectivity index (χ0) is 14.4. The standard InChI is InChI=1S/C15H19BrN2O2/c1-3-6-17-9-12-4-5-15(14(16)8-12)19-10-13-7-11(2)20-18-13/h4-5,7-8,17H,3,6,9-10H2,1-2H3. The van der Waals surface area contributed by atoms with Crippen molar-refractivity contribution in [3.8, 4) is 5.75 Å². The van der Waals surface area contributed by atoms with Gasteiger partial charge < -0.3 is 14.6 Å². The van der Waals surface area contributed by atoms with Crippen LogP contribution in [0.1, 0.15) is 30.4 Å². The molecule has 1 heterocycles. The highest BCUT2D eigenvalue weighted by Crippen LogP contribution is 2.26. The van der Waals surface area contributed by atoms with Crippen molar-refractivity contribution < 1.29 is 9.26 Å². The molecule has 1 aromatic carbocycles. The van der Waals surface area contributed by atoms with Crippen molar-refractivity contribution >= 4 is 15.9 Å². The normalized spacial score (nSPS) is 10.8. The molecule has 5 heteroatoms. The number of nitrogens with zero attached hydrogens (tertiary/aromatic N) is 1. The summed E-state index contributed by atoms with van der Waals surface area (Å²) in [7, 11) is 0. The van der Waals surface area contributed by atoms with Gasteiger partial charge in [-0.15, -0.1) is 0 Å². The van der Waals surface area contributed by atoms with E-state index in [1.165, 1.54) is 5.56 Å². The zero-order valence-electron chi connectivity index (χ0n) is 11.8. The fourth-order valence-electron chi connectivity index (χ4n) is 1.82. The van der Waals surface area contributed by atoms with Gasteiger partial charge in [0, 0.05) is 12.6 Å². The van der Waals surface area contributed by atoms with Crippen LogP contribution in [0.15, 0.2) is 33.3 Å². The van der Waals surface area contributed by atoms with Gasteiger partial charge in [0.05, 0.1) is 4.47 Å². The first-order chi connectivity index (χ1) is 9.69. The topological polar surface area (TPSA) is 47.3 Å². The molecule has 4 nitrogen and oxygen atoms in total. The van der Waals surface area contributed by atoms with E-state index in [4.69, 9.17) is 9.26 Å². The van der Waals surface area contributed by atoms with Crippen LogP contribution in [0.5, 0.6) is 5.75 Å². The summed E-state index contributed by atoms with van der Waals surface area (Å²) in [5.41, 5.74) is 2.03. The Morgan fingerprint density at radius 3 is 2.85 bits per heavy atom. The largest absolute Gasteiger partial charge is 0.486 e. The molecular weight excluding hydrogens is 320 g/mol. The van der Waals surface area contributed by atoms with E-state index in [1.807, 2.05) is 19.1 Å². The Morgan fingerprint density at radius 1 is 1.35 bits per heavy atom. The van der Waals surface area contributed by atoms with E-state index in [1.54, 1.807) is 0 Å². The van der Waals surface area contributed by atoms with E-state index >= 15 is 0 Å². The molecule has 0 fully saturated rings. The van der Waals surface area contributed by atoms with Crippen molar-refractivity contribution in [2.75, 3.05) is 6.54 Å². The van der Waals surface area contributed by atoms with E-state index in [-0.39, 0.29) is 0 Å². The molecule has 0 saturated heterocycles. The van der Waals surface area contributed by atoms with Crippen LogP contribution < -0.4 is 10.1 Å². The lowest BCUT2D eigenvalue weighted by molar-refractivity contribution is 0.286. The number of benzene rings is 1. The SMILES string of the molecule is CCCNCc1ccc(OCc2cc(C)on2)c(Br)c1. The highest BCUT2D eigenvalue weighted by molar-refractivity contribution is 9.10. The number of hydrogen-bond donors (Lipinski definition) is 1. The molecule has 0 spiro atoms. The first-order valence-corrected chi connectivity index (χ1v) is 7.52. The van der Waals surface area contributed by atoms with Gasteiger partial charge in [0.2, 0.25) is 0 Å². The first-order valence-electron chi connectivity index (χ1n) is 6.73. The molecule has 0 saturated carbocycles. The lowest BCUT2D eigenvalue weighted by atomic mass is 10.2. The lowest BCUT2D eigenvalue weighted by Crippen LogP contribution is -2.13. The maximum absolute atomic E-state index is 5.73. The smallest absolute Gasteiger partial charge is 0.134 e.